The van der Waals surface area contributed by atoms with Crippen molar-refractivity contribution in [1.29, 1.82) is 0 Å². The van der Waals surface area contributed by atoms with E-state index in [1.54, 1.807) is 25.0 Å². The van der Waals surface area contributed by atoms with Crippen molar-refractivity contribution in [2.75, 3.05) is 12.9 Å². The second-order valence-electron chi connectivity index (χ2n) is 7.49. The lowest BCUT2D eigenvalue weighted by molar-refractivity contribution is -0.138. The minimum Gasteiger partial charge on any atom is -0.497 e. The largest absolute Gasteiger partial charge is 0.497 e. The molecule has 0 bridgehead atoms. The molecule has 5 nitrogen and oxygen atoms in total. The van der Waals surface area contributed by atoms with E-state index in [0.717, 1.165) is 23.3 Å². The first-order chi connectivity index (χ1) is 14.8. The number of hydrogen-bond donors (Lipinski definition) is 1. The summed E-state index contributed by atoms with van der Waals surface area (Å²) >= 11 is 7.64. The quantitative estimate of drug-likeness (QED) is 0.515. The lowest BCUT2D eigenvalue weighted by Gasteiger charge is -2.29. The van der Waals surface area contributed by atoms with Gasteiger partial charge in [0.15, 0.2) is 0 Å². The fourth-order valence-electron chi connectivity index (χ4n) is 2.94. The van der Waals surface area contributed by atoms with Crippen molar-refractivity contribution in [3.8, 4) is 5.75 Å². The molecule has 2 atom stereocenters. The minimum absolute atomic E-state index is 0.0579. The van der Waals surface area contributed by atoms with E-state index in [4.69, 9.17) is 16.3 Å². The van der Waals surface area contributed by atoms with Gasteiger partial charge in [-0.2, -0.15) is 0 Å². The first-order valence-corrected chi connectivity index (χ1v) is 11.9. The molecule has 7 heteroatoms. The van der Waals surface area contributed by atoms with E-state index in [-0.39, 0.29) is 23.6 Å². The number of carbonyl (C=O) groups is 2. The smallest absolute Gasteiger partial charge is 0.242 e. The van der Waals surface area contributed by atoms with Gasteiger partial charge in [0.2, 0.25) is 11.8 Å². The Hall–Kier alpha value is -2.18. The summed E-state index contributed by atoms with van der Waals surface area (Å²) < 4.78 is 5.18. The van der Waals surface area contributed by atoms with Crippen LogP contribution in [0.5, 0.6) is 5.75 Å². The molecule has 0 aliphatic heterocycles. The number of nitrogens with zero attached hydrogens (tertiary/aromatic N) is 1. The summed E-state index contributed by atoms with van der Waals surface area (Å²) in [6, 6.07) is 14.6. The number of ether oxygens (including phenoxy) is 1. The third-order valence-electron chi connectivity index (χ3n) is 5.06. The second-order valence-corrected chi connectivity index (χ2v) is 8.91. The van der Waals surface area contributed by atoms with Gasteiger partial charge in [-0.1, -0.05) is 42.8 Å². The Kier molecular flexibility index (Phi) is 10.2. The van der Waals surface area contributed by atoms with Crippen LogP contribution in [0.1, 0.15) is 38.3 Å². The van der Waals surface area contributed by atoms with Crippen LogP contribution in [0.3, 0.4) is 0 Å². The van der Waals surface area contributed by atoms with Gasteiger partial charge < -0.3 is 15.0 Å². The standard InChI is InChI=1S/C24H31ClN2O3S/c1-5-17(2)26-24(29)18(3)27(14-20-7-6-8-21(25)13-20)23(28)16-31-15-19-9-11-22(30-4)12-10-19/h6-13,17-18H,5,14-16H2,1-4H3,(H,26,29). The van der Waals surface area contributed by atoms with Gasteiger partial charge in [0.1, 0.15) is 11.8 Å². The molecule has 31 heavy (non-hydrogen) atoms. The summed E-state index contributed by atoms with van der Waals surface area (Å²) in [5.74, 6) is 1.57. The molecule has 0 spiro atoms. The van der Waals surface area contributed by atoms with Crippen molar-refractivity contribution >= 4 is 35.2 Å². The Balaban J connectivity index is 2.06. The number of amides is 2. The summed E-state index contributed by atoms with van der Waals surface area (Å²) in [6.07, 6.45) is 0.832. The predicted octanol–water partition coefficient (Wildman–Crippen LogP) is 4.91. The lowest BCUT2D eigenvalue weighted by atomic mass is 10.1. The van der Waals surface area contributed by atoms with E-state index in [1.807, 2.05) is 56.3 Å². The van der Waals surface area contributed by atoms with E-state index >= 15 is 0 Å². The van der Waals surface area contributed by atoms with Crippen molar-refractivity contribution in [2.24, 2.45) is 0 Å². The van der Waals surface area contributed by atoms with Gasteiger partial charge in [0.25, 0.3) is 0 Å². The van der Waals surface area contributed by atoms with Crippen molar-refractivity contribution < 1.29 is 14.3 Å². The highest BCUT2D eigenvalue weighted by Gasteiger charge is 2.26. The summed E-state index contributed by atoms with van der Waals surface area (Å²) in [5.41, 5.74) is 2.01. The molecule has 0 radical (unpaired) electrons. The molecule has 0 aromatic heterocycles. The van der Waals surface area contributed by atoms with E-state index in [9.17, 15) is 9.59 Å². The topological polar surface area (TPSA) is 58.6 Å². The van der Waals surface area contributed by atoms with Crippen LogP contribution in [0.25, 0.3) is 0 Å². The Morgan fingerprint density at radius 1 is 1.13 bits per heavy atom. The Morgan fingerprint density at radius 3 is 2.45 bits per heavy atom. The molecule has 0 saturated carbocycles. The van der Waals surface area contributed by atoms with Crippen LogP contribution >= 0.6 is 23.4 Å². The Morgan fingerprint density at radius 2 is 1.84 bits per heavy atom. The monoisotopic (exact) mass is 462 g/mol. The zero-order chi connectivity index (χ0) is 22.8. The molecule has 2 amide bonds. The van der Waals surface area contributed by atoms with Crippen LogP contribution in [-0.2, 0) is 21.9 Å². The fourth-order valence-corrected chi connectivity index (χ4v) is 4.02. The molecule has 1 N–H and O–H groups in total. The first-order valence-electron chi connectivity index (χ1n) is 10.4. The molecule has 0 aliphatic rings. The molecule has 0 aliphatic carbocycles. The highest BCUT2D eigenvalue weighted by Crippen LogP contribution is 2.19. The van der Waals surface area contributed by atoms with Crippen LogP contribution in [-0.4, -0.2) is 41.7 Å². The van der Waals surface area contributed by atoms with Gasteiger partial charge in [-0.05, 0) is 55.7 Å². The Labute approximate surface area is 194 Å². The van der Waals surface area contributed by atoms with Crippen molar-refractivity contribution in [3.63, 3.8) is 0 Å². The van der Waals surface area contributed by atoms with Gasteiger partial charge in [0, 0.05) is 23.4 Å². The van der Waals surface area contributed by atoms with E-state index < -0.39 is 6.04 Å². The predicted molar refractivity (Wildman–Crippen MR) is 129 cm³/mol. The average Bonchev–Trinajstić information content (AvgIpc) is 2.77. The fraction of sp³-hybridized carbons (Fsp3) is 0.417. The van der Waals surface area contributed by atoms with Gasteiger partial charge in [-0.3, -0.25) is 9.59 Å². The number of benzene rings is 2. The van der Waals surface area contributed by atoms with Crippen LogP contribution in [0.2, 0.25) is 5.02 Å². The van der Waals surface area contributed by atoms with Crippen molar-refractivity contribution in [3.05, 3.63) is 64.7 Å². The number of rotatable bonds is 11. The maximum Gasteiger partial charge on any atom is 0.242 e. The molecule has 2 aromatic rings. The molecule has 2 aromatic carbocycles. The number of hydrogen-bond acceptors (Lipinski definition) is 4. The molecule has 0 heterocycles. The number of methoxy groups -OCH3 is 1. The third-order valence-corrected chi connectivity index (χ3v) is 6.29. The molecular formula is C24H31ClN2O3S. The summed E-state index contributed by atoms with van der Waals surface area (Å²) in [6.45, 7) is 6.07. The van der Waals surface area contributed by atoms with Crippen molar-refractivity contribution in [2.45, 2.75) is 51.6 Å². The van der Waals surface area contributed by atoms with Crippen LogP contribution in [0.4, 0.5) is 0 Å². The van der Waals surface area contributed by atoms with Gasteiger partial charge in [-0.25, -0.2) is 0 Å². The molecule has 0 fully saturated rings. The number of halogens is 1. The Bertz CT molecular complexity index is 860. The van der Waals surface area contributed by atoms with Crippen LogP contribution < -0.4 is 10.1 Å². The highest BCUT2D eigenvalue weighted by molar-refractivity contribution is 7.99. The zero-order valence-corrected chi connectivity index (χ0v) is 20.1. The summed E-state index contributed by atoms with van der Waals surface area (Å²) in [7, 11) is 1.63. The van der Waals surface area contributed by atoms with E-state index in [0.29, 0.717) is 17.3 Å². The van der Waals surface area contributed by atoms with E-state index in [1.165, 1.54) is 11.8 Å². The molecule has 168 valence electrons. The SMILES string of the molecule is CCC(C)NC(=O)C(C)N(Cc1cccc(Cl)c1)C(=O)CSCc1ccc(OC)cc1. The van der Waals surface area contributed by atoms with Gasteiger partial charge >= 0.3 is 0 Å². The van der Waals surface area contributed by atoms with Gasteiger partial charge in [0.05, 0.1) is 12.9 Å². The summed E-state index contributed by atoms with van der Waals surface area (Å²) in [5, 5.41) is 3.58. The molecule has 2 rings (SSSR count). The molecular weight excluding hydrogens is 432 g/mol. The minimum atomic E-state index is -0.581. The van der Waals surface area contributed by atoms with Crippen LogP contribution in [0, 0.1) is 0 Å². The average molecular weight is 463 g/mol. The maximum absolute atomic E-state index is 13.1. The molecule has 0 saturated heterocycles. The number of thioether (sulfide) groups is 1. The number of carbonyl (C=O) groups excluding carboxylic acids is 2. The lowest BCUT2D eigenvalue weighted by Crippen LogP contribution is -2.50. The zero-order valence-electron chi connectivity index (χ0n) is 18.6. The highest BCUT2D eigenvalue weighted by atomic mass is 35.5. The normalized spacial score (nSPS) is 12.7. The van der Waals surface area contributed by atoms with Gasteiger partial charge in [-0.15, -0.1) is 11.8 Å². The second kappa shape index (κ2) is 12.6. The summed E-state index contributed by atoms with van der Waals surface area (Å²) in [4.78, 5) is 27.4. The molecule has 2 unspecified atom stereocenters. The first kappa shape index (κ1) is 25.1. The number of nitrogens with one attached hydrogen (secondary N) is 1. The van der Waals surface area contributed by atoms with E-state index in [2.05, 4.69) is 5.32 Å². The maximum atomic E-state index is 13.1. The van der Waals surface area contributed by atoms with Crippen LogP contribution in [0.15, 0.2) is 48.5 Å². The van der Waals surface area contributed by atoms with Crippen molar-refractivity contribution in [1.82, 2.24) is 10.2 Å². The third kappa shape index (κ3) is 8.11.